The molecule has 0 bridgehead atoms. The topological polar surface area (TPSA) is 105 Å². The van der Waals surface area contributed by atoms with Gasteiger partial charge in [-0.15, -0.1) is 0 Å². The first-order valence-corrected chi connectivity index (χ1v) is 14.2. The van der Waals surface area contributed by atoms with E-state index >= 15 is 0 Å². The molecule has 1 atom stereocenters. The van der Waals surface area contributed by atoms with Gasteiger partial charge in [0.1, 0.15) is 25.8 Å². The zero-order valence-corrected chi connectivity index (χ0v) is 23.0. The van der Waals surface area contributed by atoms with E-state index in [2.05, 4.69) is 5.32 Å². The minimum absolute atomic E-state index is 0.165. The second-order valence-corrected chi connectivity index (χ2v) is 11.7. The van der Waals surface area contributed by atoms with E-state index in [1.54, 1.807) is 25.1 Å². The van der Waals surface area contributed by atoms with Crippen LogP contribution in [0.2, 0.25) is 0 Å². The lowest BCUT2D eigenvalue weighted by molar-refractivity contribution is -0.139. The lowest BCUT2D eigenvalue weighted by Gasteiger charge is -2.32. The molecule has 2 amide bonds. The van der Waals surface area contributed by atoms with Crippen LogP contribution in [0, 0.1) is 12.8 Å². The lowest BCUT2D eigenvalue weighted by atomic mass is 10.1. The average Bonchev–Trinajstić information content (AvgIpc) is 2.88. The zero-order chi connectivity index (χ0) is 27.2. The maximum absolute atomic E-state index is 13.7. The van der Waals surface area contributed by atoms with Crippen LogP contribution in [0.3, 0.4) is 0 Å². The molecule has 0 unspecified atom stereocenters. The van der Waals surface area contributed by atoms with Gasteiger partial charge in [-0.1, -0.05) is 43.7 Å². The fourth-order valence-corrected chi connectivity index (χ4v) is 5.00. The van der Waals surface area contributed by atoms with Crippen LogP contribution in [0.1, 0.15) is 38.8 Å². The number of amides is 2. The molecule has 2 aromatic rings. The summed E-state index contributed by atoms with van der Waals surface area (Å²) in [5.74, 6) is 0.214. The summed E-state index contributed by atoms with van der Waals surface area (Å²) in [6.07, 6.45) is 0. The Hall–Kier alpha value is -3.27. The first-order valence-electron chi connectivity index (χ1n) is 12.5. The first-order chi connectivity index (χ1) is 17.5. The summed E-state index contributed by atoms with van der Waals surface area (Å²) < 4.78 is 38.5. The van der Waals surface area contributed by atoms with Gasteiger partial charge in [-0.25, -0.2) is 8.42 Å². The number of rotatable bonds is 11. The number of ether oxygens (including phenoxy) is 2. The third-order valence-corrected chi connectivity index (χ3v) is 7.82. The smallest absolute Gasteiger partial charge is 0.244 e. The number of hydrogen-bond donors (Lipinski definition) is 1. The number of nitrogens with one attached hydrogen (secondary N) is 1. The van der Waals surface area contributed by atoms with Crippen molar-refractivity contribution in [1.29, 1.82) is 0 Å². The summed E-state index contributed by atoms with van der Waals surface area (Å²) in [5.41, 5.74) is 2.17. The summed E-state index contributed by atoms with van der Waals surface area (Å²) in [6.45, 7) is 10.1. The van der Waals surface area contributed by atoms with Gasteiger partial charge in [0.05, 0.1) is 11.4 Å². The molecule has 0 aromatic heterocycles. The molecule has 1 heterocycles. The molecule has 1 aliphatic rings. The van der Waals surface area contributed by atoms with Gasteiger partial charge in [0.2, 0.25) is 21.8 Å². The first kappa shape index (κ1) is 28.3. The molecule has 202 valence electrons. The molecular weight excluding hydrogens is 494 g/mol. The van der Waals surface area contributed by atoms with Crippen LogP contribution in [0.4, 0.5) is 5.69 Å². The van der Waals surface area contributed by atoms with Gasteiger partial charge < -0.3 is 19.7 Å². The van der Waals surface area contributed by atoms with Crippen LogP contribution < -0.4 is 19.1 Å². The van der Waals surface area contributed by atoms with Gasteiger partial charge in [0, 0.05) is 19.2 Å². The second kappa shape index (κ2) is 12.3. The Labute approximate surface area is 219 Å². The highest BCUT2D eigenvalue weighted by atomic mass is 32.2. The third kappa shape index (κ3) is 7.38. The third-order valence-electron chi connectivity index (χ3n) is 6.08. The van der Waals surface area contributed by atoms with Crippen LogP contribution in [0.5, 0.6) is 11.5 Å². The zero-order valence-electron chi connectivity index (χ0n) is 22.2. The van der Waals surface area contributed by atoms with Gasteiger partial charge in [0.25, 0.3) is 0 Å². The maximum atomic E-state index is 13.7. The van der Waals surface area contributed by atoms with Crippen molar-refractivity contribution in [3.05, 3.63) is 53.6 Å². The van der Waals surface area contributed by atoms with Crippen molar-refractivity contribution in [1.82, 2.24) is 10.2 Å². The number of benzene rings is 2. The quantitative estimate of drug-likeness (QED) is 0.478. The summed E-state index contributed by atoms with van der Waals surface area (Å²) in [4.78, 5) is 28.1. The van der Waals surface area contributed by atoms with Crippen molar-refractivity contribution < 1.29 is 27.5 Å². The van der Waals surface area contributed by atoms with E-state index in [9.17, 15) is 18.0 Å². The van der Waals surface area contributed by atoms with E-state index in [1.165, 1.54) is 11.8 Å². The highest BCUT2D eigenvalue weighted by Crippen LogP contribution is 2.35. The van der Waals surface area contributed by atoms with Crippen molar-refractivity contribution in [3.63, 3.8) is 0 Å². The molecule has 3 rings (SSSR count). The number of aryl methyl sites for hydroxylation is 1. The van der Waals surface area contributed by atoms with E-state index in [4.69, 9.17) is 9.47 Å². The van der Waals surface area contributed by atoms with Crippen molar-refractivity contribution in [2.75, 3.05) is 36.4 Å². The normalized spacial score (nSPS) is 13.7. The van der Waals surface area contributed by atoms with Gasteiger partial charge in [-0.2, -0.15) is 0 Å². The largest absolute Gasteiger partial charge is 0.486 e. The van der Waals surface area contributed by atoms with Crippen LogP contribution >= 0.6 is 0 Å². The number of sulfonamides is 1. The Balaban J connectivity index is 1.93. The average molecular weight is 532 g/mol. The van der Waals surface area contributed by atoms with Gasteiger partial charge in [-0.05, 0) is 44.4 Å². The number of nitrogens with zero attached hydrogens (tertiary/aromatic N) is 2. The Morgan fingerprint density at radius 1 is 1.03 bits per heavy atom. The molecule has 37 heavy (non-hydrogen) atoms. The number of anilines is 1. The van der Waals surface area contributed by atoms with E-state index in [1.807, 2.05) is 45.0 Å². The molecule has 2 aromatic carbocycles. The summed E-state index contributed by atoms with van der Waals surface area (Å²) in [5, 5.41) is 2.88. The molecular formula is C27H37N3O6S. The molecule has 1 aliphatic heterocycles. The molecule has 0 saturated heterocycles. The van der Waals surface area contributed by atoms with Crippen molar-refractivity contribution in [3.8, 4) is 11.5 Å². The van der Waals surface area contributed by atoms with E-state index in [0.29, 0.717) is 36.9 Å². The van der Waals surface area contributed by atoms with Crippen LogP contribution in [-0.2, 0) is 26.2 Å². The van der Waals surface area contributed by atoms with Crippen LogP contribution in [-0.4, -0.2) is 63.2 Å². The second-order valence-electron chi connectivity index (χ2n) is 9.56. The SMILES string of the molecule is CCS(=O)(=O)N(CC(=O)N(Cc1cccc(C)c1)[C@@H](C)C(=O)NCC(C)C)c1ccc2c(c1)OCCO2. The number of carbonyl (C=O) groups is 2. The van der Waals surface area contributed by atoms with E-state index in [0.717, 1.165) is 15.4 Å². The molecule has 0 aliphatic carbocycles. The van der Waals surface area contributed by atoms with Gasteiger partial charge in [-0.3, -0.25) is 13.9 Å². The molecule has 9 nitrogen and oxygen atoms in total. The standard InChI is InChI=1S/C27H37N3O6S/c1-6-37(33,34)30(23-10-11-24-25(15-23)36-13-12-35-24)18-26(31)29(17-22-9-7-8-20(4)14-22)21(5)27(32)28-16-19(2)3/h7-11,14-15,19,21H,6,12-13,16-18H2,1-5H3,(H,28,32)/t21-/m0/s1. The van der Waals surface area contributed by atoms with E-state index in [-0.39, 0.29) is 24.1 Å². The fraction of sp³-hybridized carbons (Fsp3) is 0.481. The lowest BCUT2D eigenvalue weighted by Crippen LogP contribution is -2.51. The Kier molecular flexibility index (Phi) is 9.42. The van der Waals surface area contributed by atoms with Gasteiger partial charge in [0.15, 0.2) is 11.5 Å². The van der Waals surface area contributed by atoms with Crippen LogP contribution in [0.15, 0.2) is 42.5 Å². The predicted molar refractivity (Wildman–Crippen MR) is 143 cm³/mol. The summed E-state index contributed by atoms with van der Waals surface area (Å²) in [7, 11) is -3.83. The number of hydrogen-bond acceptors (Lipinski definition) is 6. The Bertz CT molecular complexity index is 1210. The summed E-state index contributed by atoms with van der Waals surface area (Å²) >= 11 is 0. The predicted octanol–water partition coefficient (Wildman–Crippen LogP) is 3.11. The minimum Gasteiger partial charge on any atom is -0.486 e. The molecule has 10 heteroatoms. The van der Waals surface area contributed by atoms with Crippen LogP contribution in [0.25, 0.3) is 0 Å². The fourth-order valence-electron chi connectivity index (χ4n) is 3.95. The highest BCUT2D eigenvalue weighted by molar-refractivity contribution is 7.92. The minimum atomic E-state index is -3.83. The number of carbonyl (C=O) groups excluding carboxylic acids is 2. The maximum Gasteiger partial charge on any atom is 0.244 e. The molecule has 0 saturated carbocycles. The molecule has 0 spiro atoms. The van der Waals surface area contributed by atoms with Crippen molar-refractivity contribution in [2.45, 2.75) is 47.2 Å². The van der Waals surface area contributed by atoms with Crippen molar-refractivity contribution >= 4 is 27.5 Å². The van der Waals surface area contributed by atoms with Gasteiger partial charge >= 0.3 is 0 Å². The molecule has 1 N–H and O–H groups in total. The summed E-state index contributed by atoms with van der Waals surface area (Å²) in [6, 6.07) is 11.7. The molecule has 0 fully saturated rings. The van der Waals surface area contributed by atoms with E-state index < -0.39 is 28.5 Å². The number of fused-ring (bicyclic) bond motifs is 1. The van der Waals surface area contributed by atoms with Crippen molar-refractivity contribution in [2.24, 2.45) is 5.92 Å². The Morgan fingerprint density at radius 3 is 2.38 bits per heavy atom. The Morgan fingerprint density at radius 2 is 1.73 bits per heavy atom. The molecule has 0 radical (unpaired) electrons. The highest BCUT2D eigenvalue weighted by Gasteiger charge is 2.31. The monoisotopic (exact) mass is 531 g/mol.